The van der Waals surface area contributed by atoms with Crippen molar-refractivity contribution in [2.24, 2.45) is 5.92 Å². The minimum Gasteiger partial charge on any atom is -0.463 e. The Morgan fingerprint density at radius 3 is 2.00 bits per heavy atom. The molecule has 0 amide bonds. The lowest BCUT2D eigenvalue weighted by Gasteiger charge is -2.28. The molecule has 0 bridgehead atoms. The number of ether oxygens (including phenoxy) is 3. The molecule has 0 atom stereocenters. The van der Waals surface area contributed by atoms with Crippen molar-refractivity contribution in [1.82, 2.24) is 5.32 Å². The zero-order valence-electron chi connectivity index (χ0n) is 16.8. The van der Waals surface area contributed by atoms with E-state index in [9.17, 15) is 14.4 Å². The smallest absolute Gasteiger partial charge is 0.337 e. The van der Waals surface area contributed by atoms with Gasteiger partial charge in [-0.25, -0.2) is 9.59 Å². The van der Waals surface area contributed by atoms with E-state index in [0.29, 0.717) is 22.0 Å². The fourth-order valence-corrected chi connectivity index (χ4v) is 3.27. The van der Waals surface area contributed by atoms with Gasteiger partial charge in [0.1, 0.15) is 12.5 Å². The highest BCUT2D eigenvalue weighted by Crippen LogP contribution is 2.32. The quantitative estimate of drug-likeness (QED) is 0.533. The normalized spacial score (nSPS) is 14.4. The number of carbonyl (C=O) groups is 3. The Labute approximate surface area is 174 Å². The number of benzene rings is 1. The molecule has 1 aromatic rings. The van der Waals surface area contributed by atoms with Crippen molar-refractivity contribution in [3.63, 3.8) is 0 Å². The van der Waals surface area contributed by atoms with Crippen LogP contribution in [0.2, 0.25) is 5.02 Å². The van der Waals surface area contributed by atoms with Gasteiger partial charge in [-0.3, -0.25) is 4.79 Å². The molecule has 1 heterocycles. The number of esters is 3. The number of halogens is 1. The van der Waals surface area contributed by atoms with Gasteiger partial charge in [-0.15, -0.1) is 0 Å². The summed E-state index contributed by atoms with van der Waals surface area (Å²) in [5, 5.41) is 3.46. The van der Waals surface area contributed by atoms with Crippen molar-refractivity contribution in [3.05, 3.63) is 57.4 Å². The summed E-state index contributed by atoms with van der Waals surface area (Å²) in [6, 6.07) is 6.86. The third kappa shape index (κ3) is 5.38. The topological polar surface area (TPSA) is 90.9 Å². The van der Waals surface area contributed by atoms with E-state index in [1.807, 2.05) is 0 Å². The number of hydrogen-bond donors (Lipinski definition) is 1. The Balaban J connectivity index is 2.39. The van der Waals surface area contributed by atoms with Gasteiger partial charge in [0.25, 0.3) is 0 Å². The average Bonchev–Trinajstić information content (AvgIpc) is 2.65. The highest BCUT2D eigenvalue weighted by Gasteiger charge is 2.42. The SMILES string of the molecule is CCOC(=O)C1=C(C)NC(C)=C(C(=O)OCC)C1C(=O)OCc1cccc(Cl)c1. The van der Waals surface area contributed by atoms with E-state index in [0.717, 1.165) is 0 Å². The molecule has 29 heavy (non-hydrogen) atoms. The van der Waals surface area contributed by atoms with Gasteiger partial charge in [0.2, 0.25) is 0 Å². The van der Waals surface area contributed by atoms with Crippen molar-refractivity contribution >= 4 is 29.5 Å². The van der Waals surface area contributed by atoms with Crippen LogP contribution in [0.4, 0.5) is 0 Å². The number of hydrogen-bond acceptors (Lipinski definition) is 7. The van der Waals surface area contributed by atoms with Gasteiger partial charge in [-0.1, -0.05) is 23.7 Å². The van der Waals surface area contributed by atoms with Crippen LogP contribution in [-0.2, 0) is 35.2 Å². The Bertz CT molecular complexity index is 834. The van der Waals surface area contributed by atoms with E-state index in [1.165, 1.54) is 0 Å². The molecule has 0 aromatic heterocycles. The third-order valence-electron chi connectivity index (χ3n) is 4.26. The maximum atomic E-state index is 13.0. The van der Waals surface area contributed by atoms with Gasteiger partial charge in [0, 0.05) is 16.4 Å². The predicted molar refractivity (Wildman–Crippen MR) is 107 cm³/mol. The monoisotopic (exact) mass is 421 g/mol. The van der Waals surface area contributed by atoms with Crippen LogP contribution in [0.1, 0.15) is 33.3 Å². The van der Waals surface area contributed by atoms with E-state index < -0.39 is 23.8 Å². The second-order valence-electron chi connectivity index (χ2n) is 6.31. The van der Waals surface area contributed by atoms with Crippen molar-refractivity contribution in [1.29, 1.82) is 0 Å². The maximum absolute atomic E-state index is 13.0. The first-order chi connectivity index (χ1) is 13.8. The summed E-state index contributed by atoms with van der Waals surface area (Å²) < 4.78 is 15.6. The standard InChI is InChI=1S/C21H24ClNO6/c1-5-27-19(24)16-12(3)23-13(4)17(20(25)28-6-2)18(16)21(26)29-11-14-8-7-9-15(22)10-14/h7-10,18,23H,5-6,11H2,1-4H3. The van der Waals surface area contributed by atoms with Crippen LogP contribution in [0.15, 0.2) is 46.8 Å². The van der Waals surface area contributed by atoms with Crippen LogP contribution < -0.4 is 5.32 Å². The van der Waals surface area contributed by atoms with Gasteiger partial charge in [-0.05, 0) is 45.4 Å². The molecule has 7 nitrogen and oxygen atoms in total. The van der Waals surface area contributed by atoms with Gasteiger partial charge < -0.3 is 19.5 Å². The van der Waals surface area contributed by atoms with Crippen molar-refractivity contribution in [2.45, 2.75) is 34.3 Å². The molecule has 0 unspecified atom stereocenters. The molecule has 8 heteroatoms. The Hall–Kier alpha value is -2.80. The number of nitrogens with one attached hydrogen (secondary N) is 1. The molecule has 0 saturated carbocycles. The second kappa shape index (κ2) is 10.1. The lowest BCUT2D eigenvalue weighted by molar-refractivity contribution is -0.152. The first-order valence-corrected chi connectivity index (χ1v) is 9.61. The van der Waals surface area contributed by atoms with Crippen LogP contribution >= 0.6 is 11.6 Å². The Morgan fingerprint density at radius 1 is 0.966 bits per heavy atom. The average molecular weight is 422 g/mol. The summed E-state index contributed by atoms with van der Waals surface area (Å²) in [6.07, 6.45) is 0. The second-order valence-corrected chi connectivity index (χ2v) is 6.75. The third-order valence-corrected chi connectivity index (χ3v) is 4.49. The van der Waals surface area contributed by atoms with Crippen LogP contribution in [0.25, 0.3) is 0 Å². The first-order valence-electron chi connectivity index (χ1n) is 9.23. The maximum Gasteiger partial charge on any atom is 0.337 e. The van der Waals surface area contributed by atoms with E-state index in [2.05, 4.69) is 5.32 Å². The van der Waals surface area contributed by atoms with Crippen molar-refractivity contribution in [3.8, 4) is 0 Å². The zero-order valence-corrected chi connectivity index (χ0v) is 17.6. The summed E-state index contributed by atoms with van der Waals surface area (Å²) in [4.78, 5) is 38.1. The molecule has 0 fully saturated rings. The van der Waals surface area contributed by atoms with E-state index in [1.54, 1.807) is 52.0 Å². The summed E-state index contributed by atoms with van der Waals surface area (Å²) >= 11 is 5.96. The number of allylic oxidation sites excluding steroid dienone is 2. The lowest BCUT2D eigenvalue weighted by atomic mass is 9.85. The minimum atomic E-state index is -1.26. The molecule has 1 aliphatic heterocycles. The molecule has 0 saturated heterocycles. The molecule has 1 N–H and O–H groups in total. The van der Waals surface area contributed by atoms with Gasteiger partial charge in [0.15, 0.2) is 0 Å². The number of dihydropyridines is 1. The molecule has 2 rings (SSSR count). The van der Waals surface area contributed by atoms with Gasteiger partial charge >= 0.3 is 17.9 Å². The van der Waals surface area contributed by atoms with Crippen molar-refractivity contribution < 1.29 is 28.6 Å². The molecule has 0 spiro atoms. The van der Waals surface area contributed by atoms with Crippen LogP contribution in [0.5, 0.6) is 0 Å². The van der Waals surface area contributed by atoms with Crippen molar-refractivity contribution in [2.75, 3.05) is 13.2 Å². The lowest BCUT2D eigenvalue weighted by Crippen LogP contribution is -2.38. The van der Waals surface area contributed by atoms with Crippen LogP contribution in [0.3, 0.4) is 0 Å². The molecular weight excluding hydrogens is 398 g/mol. The molecule has 1 aromatic carbocycles. The Morgan fingerprint density at radius 2 is 1.52 bits per heavy atom. The van der Waals surface area contributed by atoms with Crippen LogP contribution in [0, 0.1) is 5.92 Å². The molecule has 156 valence electrons. The Kier molecular flexibility index (Phi) is 7.84. The van der Waals surface area contributed by atoms with Crippen LogP contribution in [-0.4, -0.2) is 31.1 Å². The van der Waals surface area contributed by atoms with Gasteiger partial charge in [0.05, 0.1) is 24.4 Å². The summed E-state index contributed by atoms with van der Waals surface area (Å²) in [7, 11) is 0. The number of rotatable bonds is 7. The highest BCUT2D eigenvalue weighted by atomic mass is 35.5. The zero-order chi connectivity index (χ0) is 21.6. The van der Waals surface area contributed by atoms with E-state index in [-0.39, 0.29) is 31.0 Å². The predicted octanol–water partition coefficient (Wildman–Crippen LogP) is 3.28. The summed E-state index contributed by atoms with van der Waals surface area (Å²) in [6.45, 7) is 6.76. The molecular formula is C21H24ClNO6. The molecule has 1 aliphatic rings. The first kappa shape index (κ1) is 22.5. The van der Waals surface area contributed by atoms with E-state index in [4.69, 9.17) is 25.8 Å². The van der Waals surface area contributed by atoms with E-state index >= 15 is 0 Å². The summed E-state index contributed by atoms with van der Waals surface area (Å²) in [5.41, 5.74) is 1.56. The molecule has 0 radical (unpaired) electrons. The molecule has 0 aliphatic carbocycles. The summed E-state index contributed by atoms with van der Waals surface area (Å²) in [5.74, 6) is -3.40. The highest BCUT2D eigenvalue weighted by molar-refractivity contribution is 6.30. The fraction of sp³-hybridized carbons (Fsp3) is 0.381. The largest absolute Gasteiger partial charge is 0.463 e. The van der Waals surface area contributed by atoms with Gasteiger partial charge in [-0.2, -0.15) is 0 Å². The fourth-order valence-electron chi connectivity index (χ4n) is 3.05. The number of carbonyl (C=O) groups excluding carboxylic acids is 3. The minimum absolute atomic E-state index is 0.0246.